The van der Waals surface area contributed by atoms with Crippen molar-refractivity contribution < 1.29 is 19.1 Å². The molecule has 0 aliphatic rings. The molecular weight excluding hydrogens is 268 g/mol. The first kappa shape index (κ1) is 13.3. The van der Waals surface area contributed by atoms with Crippen molar-refractivity contribution in [1.29, 1.82) is 0 Å². The van der Waals surface area contributed by atoms with Gasteiger partial charge in [0, 0.05) is 0 Å². The van der Waals surface area contributed by atoms with E-state index in [-0.39, 0.29) is 15.8 Å². The Morgan fingerprint density at radius 2 is 2.32 bits per heavy atom. The Balaban J connectivity index is 2.19. The lowest BCUT2D eigenvalue weighted by molar-refractivity contribution is 0.0700. The third-order valence-electron chi connectivity index (χ3n) is 2.34. The number of rotatable bonds is 5. The van der Waals surface area contributed by atoms with Gasteiger partial charge >= 0.3 is 5.97 Å². The summed E-state index contributed by atoms with van der Waals surface area (Å²) in [7, 11) is 0. The standard InChI is InChI=1S/C12H12N2O4S/c1-2-4-7-9(11(16)17)19-12(13-7)14-10(15)8-5-3-6-18-8/h3,5-6H,2,4H2,1H3,(H,16,17)(H,13,14,15). The van der Waals surface area contributed by atoms with Gasteiger partial charge in [0.1, 0.15) is 4.88 Å². The van der Waals surface area contributed by atoms with E-state index in [9.17, 15) is 9.59 Å². The Morgan fingerprint density at radius 1 is 1.53 bits per heavy atom. The molecule has 6 nitrogen and oxygen atoms in total. The number of aryl methyl sites for hydroxylation is 1. The fraction of sp³-hybridized carbons (Fsp3) is 0.250. The van der Waals surface area contributed by atoms with E-state index in [1.165, 1.54) is 12.3 Å². The van der Waals surface area contributed by atoms with Crippen LogP contribution in [-0.4, -0.2) is 22.0 Å². The van der Waals surface area contributed by atoms with Crippen molar-refractivity contribution in [3.63, 3.8) is 0 Å². The van der Waals surface area contributed by atoms with Crippen LogP contribution in [0, 0.1) is 0 Å². The maximum atomic E-state index is 11.7. The Kier molecular flexibility index (Phi) is 3.96. The van der Waals surface area contributed by atoms with E-state index in [1.54, 1.807) is 6.07 Å². The van der Waals surface area contributed by atoms with Crippen LogP contribution in [0.3, 0.4) is 0 Å². The minimum absolute atomic E-state index is 0.157. The number of hydrogen-bond acceptors (Lipinski definition) is 5. The van der Waals surface area contributed by atoms with E-state index in [4.69, 9.17) is 9.52 Å². The molecule has 0 spiro atoms. The second kappa shape index (κ2) is 5.66. The molecule has 0 atom stereocenters. The average Bonchev–Trinajstić information content (AvgIpc) is 2.98. The fourth-order valence-electron chi connectivity index (χ4n) is 1.55. The summed E-state index contributed by atoms with van der Waals surface area (Å²) in [6, 6.07) is 3.12. The summed E-state index contributed by atoms with van der Waals surface area (Å²) in [4.78, 5) is 27.1. The van der Waals surface area contributed by atoms with Crippen LogP contribution in [0.25, 0.3) is 0 Å². The summed E-state index contributed by atoms with van der Waals surface area (Å²) in [5, 5.41) is 11.9. The molecule has 2 N–H and O–H groups in total. The number of hydrogen-bond donors (Lipinski definition) is 2. The lowest BCUT2D eigenvalue weighted by atomic mass is 10.2. The van der Waals surface area contributed by atoms with Crippen LogP contribution in [-0.2, 0) is 6.42 Å². The van der Waals surface area contributed by atoms with Crippen molar-refractivity contribution in [3.05, 3.63) is 34.7 Å². The molecule has 0 aliphatic carbocycles. The van der Waals surface area contributed by atoms with Crippen molar-refractivity contribution in [2.75, 3.05) is 5.32 Å². The molecule has 0 saturated carbocycles. The quantitative estimate of drug-likeness (QED) is 0.878. The maximum Gasteiger partial charge on any atom is 0.347 e. The lowest BCUT2D eigenvalue weighted by Gasteiger charge is -1.96. The van der Waals surface area contributed by atoms with Crippen molar-refractivity contribution in [3.8, 4) is 0 Å². The van der Waals surface area contributed by atoms with Crippen molar-refractivity contribution in [2.24, 2.45) is 0 Å². The number of furan rings is 1. The molecular formula is C12H12N2O4S. The van der Waals surface area contributed by atoms with Gasteiger partial charge in [-0.15, -0.1) is 0 Å². The largest absolute Gasteiger partial charge is 0.477 e. The number of thiazole rings is 1. The number of nitrogens with zero attached hydrogens (tertiary/aromatic N) is 1. The molecule has 2 aromatic heterocycles. The van der Waals surface area contributed by atoms with Gasteiger partial charge in [0.25, 0.3) is 5.91 Å². The number of nitrogens with one attached hydrogen (secondary N) is 1. The molecule has 100 valence electrons. The highest BCUT2D eigenvalue weighted by atomic mass is 32.1. The molecule has 2 aromatic rings. The Morgan fingerprint density at radius 3 is 2.89 bits per heavy atom. The Bertz CT molecular complexity index is 589. The highest BCUT2D eigenvalue weighted by molar-refractivity contribution is 7.17. The van der Waals surface area contributed by atoms with Crippen molar-refractivity contribution in [1.82, 2.24) is 4.98 Å². The van der Waals surface area contributed by atoms with Crippen LogP contribution in [0.2, 0.25) is 0 Å². The number of carboxylic acid groups (broad SMARTS) is 1. The lowest BCUT2D eigenvalue weighted by Crippen LogP contribution is -2.10. The summed E-state index contributed by atoms with van der Waals surface area (Å²) in [5.74, 6) is -1.32. The van der Waals surface area contributed by atoms with E-state index < -0.39 is 11.9 Å². The van der Waals surface area contributed by atoms with Crippen LogP contribution in [0.5, 0.6) is 0 Å². The van der Waals surface area contributed by atoms with Gasteiger partial charge < -0.3 is 9.52 Å². The maximum absolute atomic E-state index is 11.7. The normalized spacial score (nSPS) is 10.4. The molecule has 0 radical (unpaired) electrons. The highest BCUT2D eigenvalue weighted by Crippen LogP contribution is 2.24. The summed E-state index contributed by atoms with van der Waals surface area (Å²) in [6.07, 6.45) is 2.74. The Hall–Kier alpha value is -2.15. The van der Waals surface area contributed by atoms with E-state index in [0.717, 1.165) is 17.8 Å². The van der Waals surface area contributed by atoms with E-state index in [2.05, 4.69) is 10.3 Å². The average molecular weight is 280 g/mol. The predicted octanol–water partition coefficient (Wildman–Crippen LogP) is 2.64. The first-order valence-electron chi connectivity index (χ1n) is 5.69. The SMILES string of the molecule is CCCc1nc(NC(=O)c2ccco2)sc1C(=O)O. The van der Waals surface area contributed by atoms with Crippen molar-refractivity contribution >= 4 is 28.3 Å². The number of carbonyl (C=O) groups excluding carboxylic acids is 1. The first-order chi connectivity index (χ1) is 9.11. The summed E-state index contributed by atoms with van der Waals surface area (Å²) < 4.78 is 4.95. The van der Waals surface area contributed by atoms with Crippen LogP contribution < -0.4 is 5.32 Å². The second-order valence-corrected chi connectivity index (χ2v) is 4.78. The third-order valence-corrected chi connectivity index (χ3v) is 3.34. The molecule has 0 unspecified atom stereocenters. The zero-order valence-corrected chi connectivity index (χ0v) is 11.0. The van der Waals surface area contributed by atoms with Crippen LogP contribution >= 0.6 is 11.3 Å². The third kappa shape index (κ3) is 3.00. The molecule has 7 heteroatoms. The molecule has 0 saturated heterocycles. The van der Waals surface area contributed by atoms with Gasteiger partial charge in [-0.1, -0.05) is 24.7 Å². The van der Waals surface area contributed by atoms with Gasteiger partial charge in [-0.05, 0) is 18.6 Å². The molecule has 2 heterocycles. The number of aromatic carboxylic acids is 1. The highest BCUT2D eigenvalue weighted by Gasteiger charge is 2.18. The van der Waals surface area contributed by atoms with Gasteiger partial charge in [-0.2, -0.15) is 0 Å². The molecule has 19 heavy (non-hydrogen) atoms. The molecule has 0 aromatic carbocycles. The monoisotopic (exact) mass is 280 g/mol. The van der Waals surface area contributed by atoms with Gasteiger partial charge in [0.15, 0.2) is 10.9 Å². The number of anilines is 1. The smallest absolute Gasteiger partial charge is 0.347 e. The molecule has 1 amide bonds. The molecule has 0 fully saturated rings. The van der Waals surface area contributed by atoms with E-state index in [1.807, 2.05) is 6.92 Å². The number of amides is 1. The molecule has 2 rings (SSSR count). The first-order valence-corrected chi connectivity index (χ1v) is 6.51. The summed E-state index contributed by atoms with van der Waals surface area (Å²) >= 11 is 0.949. The Labute approximate surface area is 113 Å². The molecule has 0 aliphatic heterocycles. The predicted molar refractivity (Wildman–Crippen MR) is 69.7 cm³/mol. The topological polar surface area (TPSA) is 92.4 Å². The van der Waals surface area contributed by atoms with Crippen molar-refractivity contribution in [2.45, 2.75) is 19.8 Å². The summed E-state index contributed by atoms with van der Waals surface area (Å²) in [6.45, 7) is 1.94. The van der Waals surface area contributed by atoms with Gasteiger partial charge in [-0.25, -0.2) is 9.78 Å². The minimum Gasteiger partial charge on any atom is -0.477 e. The van der Waals surface area contributed by atoms with Gasteiger partial charge in [0.05, 0.1) is 12.0 Å². The zero-order chi connectivity index (χ0) is 13.8. The number of carbonyl (C=O) groups is 2. The van der Waals surface area contributed by atoms with Crippen LogP contribution in [0.15, 0.2) is 22.8 Å². The van der Waals surface area contributed by atoms with Gasteiger partial charge in [-0.3, -0.25) is 10.1 Å². The minimum atomic E-state index is -1.03. The fourth-order valence-corrected chi connectivity index (χ4v) is 2.39. The summed E-state index contributed by atoms with van der Waals surface area (Å²) in [5.41, 5.74) is 0.495. The zero-order valence-electron chi connectivity index (χ0n) is 10.2. The number of aromatic nitrogens is 1. The van der Waals surface area contributed by atoms with E-state index >= 15 is 0 Å². The van der Waals surface area contributed by atoms with E-state index in [0.29, 0.717) is 12.1 Å². The van der Waals surface area contributed by atoms with Crippen LogP contribution in [0.4, 0.5) is 5.13 Å². The second-order valence-electron chi connectivity index (χ2n) is 3.78. The molecule has 0 bridgehead atoms. The van der Waals surface area contributed by atoms with Crippen LogP contribution in [0.1, 0.15) is 39.3 Å². The number of carboxylic acids is 1. The van der Waals surface area contributed by atoms with Gasteiger partial charge in [0.2, 0.25) is 0 Å².